The third-order valence-electron chi connectivity index (χ3n) is 3.13. The van der Waals surface area contributed by atoms with Crippen molar-refractivity contribution >= 4 is 0 Å². The Hall–Kier alpha value is -1.68. The summed E-state index contributed by atoms with van der Waals surface area (Å²) >= 11 is 0. The fraction of sp³-hybridized carbons (Fsp3) is 0.400. The van der Waals surface area contributed by atoms with Crippen LogP contribution in [0.3, 0.4) is 0 Å². The molecule has 0 spiro atoms. The zero-order valence-electron chi connectivity index (χ0n) is 11.9. The standard InChI is InChI=1S/C15H20FN3/c1-10(2)15-13(9-19(4)18-15)11-5-6-14(16)12(7-11)8-17-3/h5-7,9-10,17H,8H2,1-4H3. The SMILES string of the molecule is CNCc1cc(-c2cn(C)nc2C(C)C)ccc1F. The van der Waals surface area contributed by atoms with Gasteiger partial charge in [-0.2, -0.15) is 5.10 Å². The number of hydrogen-bond donors (Lipinski definition) is 1. The molecule has 2 aromatic rings. The van der Waals surface area contributed by atoms with Gasteiger partial charge in [-0.1, -0.05) is 19.9 Å². The van der Waals surface area contributed by atoms with Gasteiger partial charge in [0, 0.05) is 30.9 Å². The first-order chi connectivity index (χ1) is 9.02. The quantitative estimate of drug-likeness (QED) is 0.916. The highest BCUT2D eigenvalue weighted by Gasteiger charge is 2.14. The van der Waals surface area contributed by atoms with Crippen LogP contribution in [0.15, 0.2) is 24.4 Å². The van der Waals surface area contributed by atoms with Crippen molar-refractivity contribution in [3.8, 4) is 11.1 Å². The Bertz CT molecular complexity index is 573. The summed E-state index contributed by atoms with van der Waals surface area (Å²) in [4.78, 5) is 0. The van der Waals surface area contributed by atoms with Crippen molar-refractivity contribution in [2.45, 2.75) is 26.3 Å². The van der Waals surface area contributed by atoms with Gasteiger partial charge in [0.05, 0.1) is 5.69 Å². The first-order valence-electron chi connectivity index (χ1n) is 6.50. The molecule has 0 amide bonds. The maximum absolute atomic E-state index is 13.7. The molecule has 0 bridgehead atoms. The highest BCUT2D eigenvalue weighted by atomic mass is 19.1. The van der Waals surface area contributed by atoms with E-state index in [1.54, 1.807) is 0 Å². The predicted octanol–water partition coefficient (Wildman–Crippen LogP) is 3.07. The van der Waals surface area contributed by atoms with Crippen molar-refractivity contribution < 1.29 is 4.39 Å². The smallest absolute Gasteiger partial charge is 0.127 e. The van der Waals surface area contributed by atoms with Crippen LogP contribution in [0.25, 0.3) is 11.1 Å². The molecule has 1 N–H and O–H groups in total. The first-order valence-corrected chi connectivity index (χ1v) is 6.50. The van der Waals surface area contributed by atoms with E-state index in [2.05, 4.69) is 24.3 Å². The molecule has 19 heavy (non-hydrogen) atoms. The molecular formula is C15H20FN3. The highest BCUT2D eigenvalue weighted by Crippen LogP contribution is 2.29. The number of rotatable bonds is 4. The molecule has 0 saturated carbocycles. The van der Waals surface area contributed by atoms with Gasteiger partial charge in [0.1, 0.15) is 5.82 Å². The fourth-order valence-electron chi connectivity index (χ4n) is 2.22. The molecule has 0 aliphatic rings. The maximum Gasteiger partial charge on any atom is 0.127 e. The normalized spacial score (nSPS) is 11.3. The van der Waals surface area contributed by atoms with E-state index in [9.17, 15) is 4.39 Å². The van der Waals surface area contributed by atoms with E-state index in [0.29, 0.717) is 18.0 Å². The second-order valence-corrected chi connectivity index (χ2v) is 5.09. The Balaban J connectivity index is 2.49. The summed E-state index contributed by atoms with van der Waals surface area (Å²) in [6.07, 6.45) is 1.99. The largest absolute Gasteiger partial charge is 0.316 e. The molecule has 1 aromatic heterocycles. The average molecular weight is 261 g/mol. The first kappa shape index (κ1) is 13.7. The summed E-state index contributed by atoms with van der Waals surface area (Å²) in [6.45, 7) is 4.75. The van der Waals surface area contributed by atoms with Crippen molar-refractivity contribution in [2.75, 3.05) is 7.05 Å². The van der Waals surface area contributed by atoms with E-state index in [1.807, 2.05) is 37.1 Å². The Morgan fingerprint density at radius 2 is 2.11 bits per heavy atom. The lowest BCUT2D eigenvalue weighted by Crippen LogP contribution is -2.07. The molecule has 0 saturated heterocycles. The molecule has 4 heteroatoms. The minimum absolute atomic E-state index is 0.173. The average Bonchev–Trinajstić information content (AvgIpc) is 2.75. The van der Waals surface area contributed by atoms with Crippen molar-refractivity contribution in [3.05, 3.63) is 41.5 Å². The van der Waals surface area contributed by atoms with Gasteiger partial charge in [-0.3, -0.25) is 4.68 Å². The zero-order valence-corrected chi connectivity index (χ0v) is 11.9. The summed E-state index contributed by atoms with van der Waals surface area (Å²) in [6, 6.07) is 5.24. The summed E-state index contributed by atoms with van der Waals surface area (Å²) in [5.41, 5.74) is 3.82. The number of nitrogens with one attached hydrogen (secondary N) is 1. The summed E-state index contributed by atoms with van der Waals surface area (Å²) in [5.74, 6) is 0.169. The number of halogens is 1. The van der Waals surface area contributed by atoms with Crippen LogP contribution < -0.4 is 5.32 Å². The second kappa shape index (κ2) is 5.53. The third-order valence-corrected chi connectivity index (χ3v) is 3.13. The van der Waals surface area contributed by atoms with Gasteiger partial charge in [0.15, 0.2) is 0 Å². The van der Waals surface area contributed by atoms with Crippen LogP contribution >= 0.6 is 0 Å². The van der Waals surface area contributed by atoms with E-state index in [-0.39, 0.29) is 5.82 Å². The van der Waals surface area contributed by atoms with Crippen LogP contribution in [0.2, 0.25) is 0 Å². The molecule has 0 fully saturated rings. The van der Waals surface area contributed by atoms with Gasteiger partial charge in [-0.15, -0.1) is 0 Å². The topological polar surface area (TPSA) is 29.9 Å². The van der Waals surface area contributed by atoms with Crippen molar-refractivity contribution in [2.24, 2.45) is 7.05 Å². The van der Waals surface area contributed by atoms with Crippen molar-refractivity contribution in [3.63, 3.8) is 0 Å². The summed E-state index contributed by atoms with van der Waals surface area (Å²) < 4.78 is 15.5. The van der Waals surface area contributed by atoms with Crippen LogP contribution in [0.1, 0.15) is 31.0 Å². The lowest BCUT2D eigenvalue weighted by atomic mass is 9.98. The molecular weight excluding hydrogens is 241 g/mol. The molecule has 3 nitrogen and oxygen atoms in total. The van der Waals surface area contributed by atoms with Crippen LogP contribution in [0.4, 0.5) is 4.39 Å². The molecule has 1 heterocycles. The molecule has 0 aliphatic carbocycles. The van der Waals surface area contributed by atoms with Crippen LogP contribution in [-0.4, -0.2) is 16.8 Å². The molecule has 2 rings (SSSR count). The van der Waals surface area contributed by atoms with E-state index in [0.717, 1.165) is 16.8 Å². The second-order valence-electron chi connectivity index (χ2n) is 5.09. The molecule has 1 aromatic carbocycles. The highest BCUT2D eigenvalue weighted by molar-refractivity contribution is 5.66. The monoisotopic (exact) mass is 261 g/mol. The minimum atomic E-state index is -0.173. The van der Waals surface area contributed by atoms with Gasteiger partial charge in [0.2, 0.25) is 0 Å². The Labute approximate surface area is 113 Å². The lowest BCUT2D eigenvalue weighted by Gasteiger charge is -2.08. The van der Waals surface area contributed by atoms with Gasteiger partial charge in [0.25, 0.3) is 0 Å². The van der Waals surface area contributed by atoms with Gasteiger partial charge < -0.3 is 5.32 Å². The van der Waals surface area contributed by atoms with Crippen LogP contribution in [0.5, 0.6) is 0 Å². The number of aromatic nitrogens is 2. The minimum Gasteiger partial charge on any atom is -0.316 e. The fourth-order valence-corrected chi connectivity index (χ4v) is 2.22. The van der Waals surface area contributed by atoms with E-state index >= 15 is 0 Å². The predicted molar refractivity (Wildman–Crippen MR) is 75.5 cm³/mol. The van der Waals surface area contributed by atoms with E-state index in [4.69, 9.17) is 0 Å². The number of aryl methyl sites for hydroxylation is 1. The molecule has 102 valence electrons. The Morgan fingerprint density at radius 3 is 2.74 bits per heavy atom. The number of nitrogens with zero attached hydrogens (tertiary/aromatic N) is 2. The van der Waals surface area contributed by atoms with Gasteiger partial charge >= 0.3 is 0 Å². The summed E-state index contributed by atoms with van der Waals surface area (Å²) in [7, 11) is 3.73. The van der Waals surface area contributed by atoms with Gasteiger partial charge in [-0.25, -0.2) is 4.39 Å². The third kappa shape index (κ3) is 2.84. The molecule has 0 unspecified atom stereocenters. The zero-order chi connectivity index (χ0) is 14.0. The molecule has 0 atom stereocenters. The van der Waals surface area contributed by atoms with Crippen molar-refractivity contribution in [1.29, 1.82) is 0 Å². The Morgan fingerprint density at radius 1 is 1.37 bits per heavy atom. The van der Waals surface area contributed by atoms with Crippen LogP contribution in [-0.2, 0) is 13.6 Å². The van der Waals surface area contributed by atoms with Gasteiger partial charge in [-0.05, 0) is 30.7 Å². The number of hydrogen-bond acceptors (Lipinski definition) is 2. The van der Waals surface area contributed by atoms with Crippen molar-refractivity contribution in [1.82, 2.24) is 15.1 Å². The lowest BCUT2D eigenvalue weighted by molar-refractivity contribution is 0.601. The van der Waals surface area contributed by atoms with E-state index in [1.165, 1.54) is 6.07 Å². The molecule has 0 aliphatic heterocycles. The maximum atomic E-state index is 13.7. The summed E-state index contributed by atoms with van der Waals surface area (Å²) in [5, 5.41) is 7.48. The molecule has 0 radical (unpaired) electrons. The Kier molecular flexibility index (Phi) is 4.00. The van der Waals surface area contributed by atoms with Crippen LogP contribution in [0, 0.1) is 5.82 Å². The number of benzene rings is 1. The van der Waals surface area contributed by atoms with E-state index < -0.39 is 0 Å².